The highest BCUT2D eigenvalue weighted by Crippen LogP contribution is 2.41. The van der Waals surface area contributed by atoms with E-state index in [1.165, 1.54) is 16.5 Å². The van der Waals surface area contributed by atoms with Crippen LogP contribution in [-0.2, 0) is 6.42 Å². The summed E-state index contributed by atoms with van der Waals surface area (Å²) in [4.78, 5) is 11.5. The van der Waals surface area contributed by atoms with Gasteiger partial charge in [0.1, 0.15) is 5.02 Å². The highest BCUT2D eigenvalue weighted by atomic mass is 35.5. The van der Waals surface area contributed by atoms with E-state index < -0.39 is 4.92 Å². The van der Waals surface area contributed by atoms with Gasteiger partial charge in [0.15, 0.2) is 0 Å². The Balaban J connectivity index is 1.82. The Hall–Kier alpha value is -1.30. The van der Waals surface area contributed by atoms with Crippen LogP contribution in [0.5, 0.6) is 0 Å². The number of hydrogen-bond acceptors (Lipinski definition) is 4. The maximum Gasteiger partial charge on any atom is 0.288 e. The van der Waals surface area contributed by atoms with E-state index in [0.717, 1.165) is 22.9 Å². The van der Waals surface area contributed by atoms with Crippen molar-refractivity contribution in [2.75, 3.05) is 5.32 Å². The topological polar surface area (TPSA) is 55.2 Å². The number of rotatable bonds is 3. The molecule has 0 radical (unpaired) electrons. The third-order valence-electron chi connectivity index (χ3n) is 3.33. The Labute approximate surface area is 129 Å². The number of halogens is 2. The maximum atomic E-state index is 10.7. The maximum absolute atomic E-state index is 10.7. The van der Waals surface area contributed by atoms with E-state index >= 15 is 0 Å². The lowest BCUT2D eigenvalue weighted by Crippen LogP contribution is -2.06. The van der Waals surface area contributed by atoms with Crippen LogP contribution in [0.2, 0.25) is 9.36 Å². The molecule has 1 unspecified atom stereocenters. The monoisotopic (exact) mass is 328 g/mol. The molecular formula is C13H10Cl2N2O2S. The molecule has 1 N–H and O–H groups in total. The molecule has 1 atom stereocenters. The molecule has 4 nitrogen and oxygen atoms in total. The fourth-order valence-electron chi connectivity index (χ4n) is 2.43. The van der Waals surface area contributed by atoms with E-state index in [9.17, 15) is 10.1 Å². The van der Waals surface area contributed by atoms with Crippen LogP contribution < -0.4 is 5.32 Å². The minimum absolute atomic E-state index is 0.0806. The largest absolute Gasteiger partial charge is 0.378 e. The van der Waals surface area contributed by atoms with Crippen molar-refractivity contribution in [3.8, 4) is 0 Å². The van der Waals surface area contributed by atoms with Crippen LogP contribution in [0.15, 0.2) is 24.3 Å². The van der Waals surface area contributed by atoms with Crippen LogP contribution in [-0.4, -0.2) is 4.92 Å². The lowest BCUT2D eigenvalue weighted by atomic mass is 10.1. The second-order valence-corrected chi connectivity index (χ2v) is 6.76. The second-order valence-electron chi connectivity index (χ2n) is 4.59. The fraction of sp³-hybridized carbons (Fsp3) is 0.231. The van der Waals surface area contributed by atoms with Crippen LogP contribution in [0.3, 0.4) is 0 Å². The molecule has 0 aliphatic heterocycles. The van der Waals surface area contributed by atoms with E-state index in [1.807, 2.05) is 6.07 Å². The van der Waals surface area contributed by atoms with Crippen molar-refractivity contribution in [3.05, 3.63) is 54.2 Å². The normalized spacial score (nSPS) is 17.0. The van der Waals surface area contributed by atoms with Gasteiger partial charge in [-0.1, -0.05) is 23.2 Å². The predicted octanol–water partition coefficient (Wildman–Crippen LogP) is 5.06. The van der Waals surface area contributed by atoms with Gasteiger partial charge in [-0.15, -0.1) is 11.3 Å². The van der Waals surface area contributed by atoms with Crippen molar-refractivity contribution in [2.45, 2.75) is 18.9 Å². The molecule has 0 fully saturated rings. The molecule has 104 valence electrons. The minimum Gasteiger partial charge on any atom is -0.378 e. The number of thiophene rings is 1. The zero-order valence-corrected chi connectivity index (χ0v) is 12.6. The summed E-state index contributed by atoms with van der Waals surface area (Å²) in [7, 11) is 0. The summed E-state index contributed by atoms with van der Waals surface area (Å²) >= 11 is 13.5. The molecule has 1 aromatic heterocycles. The molecule has 20 heavy (non-hydrogen) atoms. The highest BCUT2D eigenvalue weighted by Gasteiger charge is 2.25. The molecule has 0 amide bonds. The van der Waals surface area contributed by atoms with Gasteiger partial charge in [0, 0.05) is 16.6 Å². The average molecular weight is 329 g/mol. The Morgan fingerprint density at radius 1 is 1.35 bits per heavy atom. The average Bonchev–Trinajstić information content (AvgIpc) is 2.90. The third-order valence-corrected chi connectivity index (χ3v) is 4.97. The molecule has 1 aliphatic rings. The van der Waals surface area contributed by atoms with Gasteiger partial charge in [0.05, 0.1) is 15.3 Å². The molecule has 0 bridgehead atoms. The smallest absolute Gasteiger partial charge is 0.288 e. The molecular weight excluding hydrogens is 319 g/mol. The second kappa shape index (κ2) is 5.24. The van der Waals surface area contributed by atoms with Gasteiger partial charge < -0.3 is 5.32 Å². The third kappa shape index (κ3) is 2.49. The van der Waals surface area contributed by atoms with E-state index in [2.05, 4.69) is 5.32 Å². The highest BCUT2D eigenvalue weighted by molar-refractivity contribution is 7.16. The first kappa shape index (κ1) is 13.7. The van der Waals surface area contributed by atoms with E-state index in [1.54, 1.807) is 23.5 Å². The van der Waals surface area contributed by atoms with E-state index in [-0.39, 0.29) is 16.8 Å². The number of nitrogens with zero attached hydrogens (tertiary/aromatic N) is 1. The van der Waals surface area contributed by atoms with Crippen molar-refractivity contribution in [1.29, 1.82) is 0 Å². The van der Waals surface area contributed by atoms with Crippen LogP contribution in [0.4, 0.5) is 11.4 Å². The molecule has 0 spiro atoms. The van der Waals surface area contributed by atoms with Crippen LogP contribution in [0.1, 0.15) is 22.9 Å². The van der Waals surface area contributed by atoms with Gasteiger partial charge in [-0.3, -0.25) is 10.1 Å². The molecule has 2 aromatic rings. The Morgan fingerprint density at radius 3 is 2.85 bits per heavy atom. The number of nitro benzene ring substituents is 1. The first-order valence-electron chi connectivity index (χ1n) is 6.03. The minimum atomic E-state index is -0.488. The predicted molar refractivity (Wildman–Crippen MR) is 82.1 cm³/mol. The Bertz CT molecular complexity index is 687. The molecule has 0 saturated heterocycles. The van der Waals surface area contributed by atoms with Gasteiger partial charge in [0.25, 0.3) is 5.69 Å². The number of hydrogen-bond donors (Lipinski definition) is 1. The molecule has 1 aromatic carbocycles. The fourth-order valence-corrected chi connectivity index (χ4v) is 4.03. The molecule has 3 rings (SSSR count). The number of nitro groups is 1. The SMILES string of the molecule is O=[N+]([O-])c1ccc(NC2CCc3sc(Cl)cc32)cc1Cl. The van der Waals surface area contributed by atoms with Crippen LogP contribution in [0, 0.1) is 10.1 Å². The van der Waals surface area contributed by atoms with Crippen LogP contribution in [0.25, 0.3) is 0 Å². The standard InChI is InChI=1S/C13H10Cl2N2O2S/c14-9-5-7(1-3-11(9)17(18)19)16-10-2-4-12-8(10)6-13(15)20-12/h1,3,5-6,10,16H,2,4H2. The summed E-state index contributed by atoms with van der Waals surface area (Å²) in [5.41, 5.74) is 1.91. The molecule has 7 heteroatoms. The lowest BCUT2D eigenvalue weighted by molar-refractivity contribution is -0.384. The van der Waals surface area contributed by atoms with Crippen molar-refractivity contribution in [1.82, 2.24) is 0 Å². The number of benzene rings is 1. The van der Waals surface area contributed by atoms with Crippen molar-refractivity contribution < 1.29 is 4.92 Å². The first-order valence-corrected chi connectivity index (χ1v) is 7.60. The first-order chi connectivity index (χ1) is 9.54. The van der Waals surface area contributed by atoms with E-state index in [0.29, 0.717) is 0 Å². The van der Waals surface area contributed by atoms with Crippen LogP contribution >= 0.6 is 34.5 Å². The Morgan fingerprint density at radius 2 is 2.15 bits per heavy atom. The summed E-state index contributed by atoms with van der Waals surface area (Å²) in [6.45, 7) is 0. The number of nitrogens with one attached hydrogen (secondary N) is 1. The lowest BCUT2D eigenvalue weighted by Gasteiger charge is -2.14. The summed E-state index contributed by atoms with van der Waals surface area (Å²) in [6, 6.07) is 6.86. The molecule has 1 heterocycles. The summed E-state index contributed by atoms with van der Waals surface area (Å²) < 4.78 is 0.795. The van der Waals surface area contributed by atoms with Crippen molar-refractivity contribution in [2.24, 2.45) is 0 Å². The van der Waals surface area contributed by atoms with Gasteiger partial charge in [-0.2, -0.15) is 0 Å². The zero-order chi connectivity index (χ0) is 14.3. The number of aryl methyl sites for hydroxylation is 1. The zero-order valence-electron chi connectivity index (χ0n) is 10.2. The number of anilines is 1. The van der Waals surface area contributed by atoms with Crippen molar-refractivity contribution in [3.63, 3.8) is 0 Å². The quantitative estimate of drug-likeness (QED) is 0.632. The van der Waals surface area contributed by atoms with Crippen molar-refractivity contribution >= 4 is 45.9 Å². The van der Waals surface area contributed by atoms with Gasteiger partial charge >= 0.3 is 0 Å². The molecule has 0 saturated carbocycles. The van der Waals surface area contributed by atoms with Gasteiger partial charge in [0.2, 0.25) is 0 Å². The van der Waals surface area contributed by atoms with E-state index in [4.69, 9.17) is 23.2 Å². The van der Waals surface area contributed by atoms with Gasteiger partial charge in [-0.05, 0) is 36.6 Å². The Kier molecular flexibility index (Phi) is 3.58. The molecule has 1 aliphatic carbocycles. The summed E-state index contributed by atoms with van der Waals surface area (Å²) in [6.07, 6.45) is 2.00. The number of fused-ring (bicyclic) bond motifs is 1. The summed E-state index contributed by atoms with van der Waals surface area (Å²) in [5, 5.41) is 14.2. The van der Waals surface area contributed by atoms with Gasteiger partial charge in [-0.25, -0.2) is 0 Å². The summed E-state index contributed by atoms with van der Waals surface area (Å²) in [5.74, 6) is 0.